The van der Waals surface area contributed by atoms with Crippen LogP contribution in [0.4, 0.5) is 0 Å². The van der Waals surface area contributed by atoms with Gasteiger partial charge in [0.2, 0.25) is 0 Å². The molecule has 4 fully saturated rings. The molecule has 18 heavy (non-hydrogen) atoms. The van der Waals surface area contributed by atoms with E-state index in [-0.39, 0.29) is 30.4 Å². The van der Waals surface area contributed by atoms with Crippen molar-refractivity contribution in [2.24, 2.45) is 5.41 Å². The van der Waals surface area contributed by atoms with Crippen molar-refractivity contribution in [3.8, 4) is 0 Å². The molecule has 0 spiro atoms. The Morgan fingerprint density at radius 1 is 1.11 bits per heavy atom. The van der Waals surface area contributed by atoms with Crippen LogP contribution in [0.1, 0.15) is 45.4 Å². The lowest BCUT2D eigenvalue weighted by molar-refractivity contribution is -0.191. The molecule has 102 valence electrons. The number of aliphatic hydroxyl groups is 1. The molecule has 0 heterocycles. The minimum Gasteiger partial charge on any atom is -0.459 e. The minimum absolute atomic E-state index is 0.0212. The number of carbonyl (C=O) groups is 1. The quantitative estimate of drug-likeness (QED) is 0.379. The molecule has 5 heteroatoms. The van der Waals surface area contributed by atoms with Crippen LogP contribution in [0.25, 0.3) is 0 Å². The molecule has 0 aliphatic heterocycles. The maximum Gasteiger partial charge on any atom is 0.303 e. The van der Waals surface area contributed by atoms with E-state index in [1.54, 1.807) is 0 Å². The Kier molecular flexibility index (Phi) is 3.05. The van der Waals surface area contributed by atoms with Gasteiger partial charge in [0.25, 0.3) is 0 Å². The van der Waals surface area contributed by atoms with E-state index in [0.717, 1.165) is 32.1 Å². The molecule has 2 atom stereocenters. The van der Waals surface area contributed by atoms with Gasteiger partial charge in [0.05, 0.1) is 0 Å². The van der Waals surface area contributed by atoms with Crippen molar-refractivity contribution in [3.05, 3.63) is 0 Å². The highest BCUT2D eigenvalue weighted by molar-refractivity contribution is 14.1. The van der Waals surface area contributed by atoms with Gasteiger partial charge in [0.15, 0.2) is 0 Å². The van der Waals surface area contributed by atoms with Gasteiger partial charge in [0.1, 0.15) is 5.60 Å². The van der Waals surface area contributed by atoms with E-state index in [2.05, 4.69) is 45.2 Å². The smallest absolute Gasteiger partial charge is 0.303 e. The summed E-state index contributed by atoms with van der Waals surface area (Å²) < 4.78 is 6.15. The highest BCUT2D eigenvalue weighted by atomic mass is 127. The van der Waals surface area contributed by atoms with Crippen LogP contribution in [0.2, 0.25) is 0 Å². The second kappa shape index (κ2) is 3.96. The molecular formula is C13H18I2O3. The van der Waals surface area contributed by atoms with Crippen molar-refractivity contribution in [1.29, 1.82) is 0 Å². The highest BCUT2D eigenvalue weighted by Gasteiger charge is 2.68. The molecule has 0 radical (unpaired) electrons. The zero-order chi connectivity index (χ0) is 13.2. The lowest BCUT2D eigenvalue weighted by Crippen LogP contribution is -2.67. The molecule has 0 aromatic carbocycles. The maximum absolute atomic E-state index is 11.4. The van der Waals surface area contributed by atoms with Crippen LogP contribution < -0.4 is 0 Å². The average molecular weight is 476 g/mol. The predicted octanol–water partition coefficient (Wildman–Crippen LogP) is 3.00. The van der Waals surface area contributed by atoms with E-state index in [1.165, 1.54) is 13.3 Å². The summed E-state index contributed by atoms with van der Waals surface area (Å²) in [6, 6.07) is 0. The zero-order valence-electron chi connectivity index (χ0n) is 10.5. The van der Waals surface area contributed by atoms with Crippen molar-refractivity contribution in [1.82, 2.24) is 0 Å². The topological polar surface area (TPSA) is 46.5 Å². The van der Waals surface area contributed by atoms with Crippen molar-refractivity contribution < 1.29 is 14.6 Å². The third kappa shape index (κ3) is 2.12. The fraction of sp³-hybridized carbons (Fsp3) is 0.923. The first-order chi connectivity index (χ1) is 8.22. The molecule has 3 nitrogen and oxygen atoms in total. The Labute approximate surface area is 135 Å². The summed E-state index contributed by atoms with van der Waals surface area (Å²) in [6.45, 7) is 1.73. The van der Waals surface area contributed by atoms with Crippen LogP contribution in [0.15, 0.2) is 0 Å². The summed E-state index contributed by atoms with van der Waals surface area (Å²) in [7, 11) is 0. The lowest BCUT2D eigenvalue weighted by atomic mass is 9.48. The first kappa shape index (κ1) is 13.9. The van der Waals surface area contributed by atoms with Gasteiger partial charge < -0.3 is 9.84 Å². The Morgan fingerprint density at radius 2 is 1.67 bits per heavy atom. The van der Waals surface area contributed by atoms with E-state index < -0.39 is 0 Å². The third-order valence-electron chi connectivity index (χ3n) is 4.69. The molecule has 0 saturated heterocycles. The molecule has 4 bridgehead atoms. The molecule has 4 aliphatic carbocycles. The number of rotatable bonds is 2. The van der Waals surface area contributed by atoms with Crippen LogP contribution in [-0.4, -0.2) is 30.1 Å². The normalized spacial score (nSPS) is 53.6. The molecule has 4 rings (SSSR count). The first-order valence-corrected chi connectivity index (χ1v) is 8.56. The Bertz CT molecular complexity index is 391. The van der Waals surface area contributed by atoms with E-state index in [9.17, 15) is 9.90 Å². The van der Waals surface area contributed by atoms with Crippen LogP contribution in [-0.2, 0) is 9.53 Å². The number of hydrogen-bond donors (Lipinski definition) is 1. The number of carbonyl (C=O) groups excluding carboxylic acids is 1. The second-order valence-electron chi connectivity index (χ2n) is 6.80. The van der Waals surface area contributed by atoms with Gasteiger partial charge in [0, 0.05) is 33.2 Å². The Balaban J connectivity index is 2.02. The molecule has 4 aliphatic rings. The van der Waals surface area contributed by atoms with Crippen LogP contribution in [0, 0.1) is 5.41 Å². The van der Waals surface area contributed by atoms with Crippen LogP contribution >= 0.6 is 45.2 Å². The number of ether oxygens (including phenoxy) is 1. The Hall–Kier alpha value is 0.890. The van der Waals surface area contributed by atoms with Gasteiger partial charge >= 0.3 is 5.97 Å². The Morgan fingerprint density at radius 3 is 2.11 bits per heavy atom. The molecule has 0 aromatic rings. The minimum atomic E-state index is -0.314. The largest absolute Gasteiger partial charge is 0.459 e. The number of aliphatic hydroxyl groups excluding tert-OH is 1. The van der Waals surface area contributed by atoms with Gasteiger partial charge in [-0.2, -0.15) is 0 Å². The number of esters is 1. The fourth-order valence-electron chi connectivity index (χ4n) is 5.08. The monoisotopic (exact) mass is 476 g/mol. The van der Waals surface area contributed by atoms with E-state index in [1.807, 2.05) is 0 Å². The van der Waals surface area contributed by atoms with Crippen LogP contribution in [0.5, 0.6) is 0 Å². The highest BCUT2D eigenvalue weighted by Crippen LogP contribution is 2.70. The van der Waals surface area contributed by atoms with Crippen molar-refractivity contribution in [2.75, 3.05) is 6.61 Å². The predicted molar refractivity (Wildman–Crippen MR) is 85.2 cm³/mol. The van der Waals surface area contributed by atoms with Crippen molar-refractivity contribution in [2.45, 2.75) is 57.9 Å². The average Bonchev–Trinajstić information content (AvgIpc) is 2.09. The molecule has 1 N–H and O–H groups in total. The van der Waals surface area contributed by atoms with Gasteiger partial charge in [-0.1, -0.05) is 45.2 Å². The van der Waals surface area contributed by atoms with Gasteiger partial charge in [-0.15, -0.1) is 0 Å². The third-order valence-corrected chi connectivity index (χ3v) is 6.98. The zero-order valence-corrected chi connectivity index (χ0v) is 14.8. The summed E-state index contributed by atoms with van der Waals surface area (Å²) in [5, 5.41) is 9.86. The summed E-state index contributed by atoms with van der Waals surface area (Å²) in [5.41, 5.74) is -0.335. The van der Waals surface area contributed by atoms with E-state index in [4.69, 9.17) is 4.74 Å². The fourth-order valence-corrected chi connectivity index (χ4v) is 10.3. The summed E-state index contributed by atoms with van der Waals surface area (Å²) >= 11 is 5.12. The summed E-state index contributed by atoms with van der Waals surface area (Å²) in [6.07, 6.45) is 6.12. The standard InChI is InChI=1S/C13H18I2O3/c1-9(17)18-13-4-10(8-16)2-11(14,6-13)5-12(15,3-10)7-13/h16H,2-8H2,1H3. The van der Waals surface area contributed by atoms with Crippen molar-refractivity contribution in [3.63, 3.8) is 0 Å². The van der Waals surface area contributed by atoms with Crippen LogP contribution in [0.3, 0.4) is 0 Å². The maximum atomic E-state index is 11.4. The molecular weight excluding hydrogens is 458 g/mol. The van der Waals surface area contributed by atoms with Crippen molar-refractivity contribution >= 4 is 51.2 Å². The first-order valence-electron chi connectivity index (χ1n) is 6.40. The summed E-state index contributed by atoms with van der Waals surface area (Å²) in [4.78, 5) is 11.4. The second-order valence-corrected chi connectivity index (χ2v) is 11.4. The molecule has 0 aromatic heterocycles. The number of halogens is 2. The molecule has 4 saturated carbocycles. The lowest BCUT2D eigenvalue weighted by Gasteiger charge is -2.66. The number of alkyl halides is 2. The SMILES string of the molecule is CC(=O)OC12CC3(I)CC(I)(CC(CO)(C3)C1)C2. The van der Waals surface area contributed by atoms with E-state index >= 15 is 0 Å². The van der Waals surface area contributed by atoms with Gasteiger partial charge in [-0.25, -0.2) is 0 Å². The van der Waals surface area contributed by atoms with Gasteiger partial charge in [-0.05, 0) is 31.1 Å². The molecule has 2 unspecified atom stereocenters. The number of hydrogen-bond acceptors (Lipinski definition) is 3. The molecule has 0 amide bonds. The van der Waals surface area contributed by atoms with E-state index in [0.29, 0.717) is 0 Å². The van der Waals surface area contributed by atoms with Gasteiger partial charge in [-0.3, -0.25) is 4.79 Å². The summed E-state index contributed by atoms with van der Waals surface area (Å²) in [5.74, 6) is -0.176.